The minimum atomic E-state index is -0.221. The van der Waals surface area contributed by atoms with Crippen molar-refractivity contribution in [2.24, 2.45) is 5.92 Å². The van der Waals surface area contributed by atoms with Gasteiger partial charge in [0.25, 0.3) is 0 Å². The third kappa shape index (κ3) is 9.80. The minimum absolute atomic E-state index is 0.221. The molecule has 0 heterocycles. The molecule has 0 saturated heterocycles. The van der Waals surface area contributed by atoms with E-state index in [-0.39, 0.29) is 6.10 Å². The van der Waals surface area contributed by atoms with Crippen molar-refractivity contribution in [3.63, 3.8) is 0 Å². The Labute approximate surface area is 81.5 Å². The second-order valence-corrected chi connectivity index (χ2v) is 3.68. The van der Waals surface area contributed by atoms with Crippen LogP contribution in [0.4, 0.5) is 0 Å². The van der Waals surface area contributed by atoms with Crippen LogP contribution < -0.4 is 5.32 Å². The Morgan fingerprint density at radius 1 is 1.38 bits per heavy atom. The van der Waals surface area contributed by atoms with Crippen LogP contribution in [0.2, 0.25) is 0 Å². The highest BCUT2D eigenvalue weighted by Gasteiger charge is 2.05. The quantitative estimate of drug-likeness (QED) is 0.560. The minimum Gasteiger partial charge on any atom is -0.392 e. The Balaban J connectivity index is 3.12. The van der Waals surface area contributed by atoms with Gasteiger partial charge in [0, 0.05) is 19.7 Å². The molecule has 0 aliphatic carbocycles. The Morgan fingerprint density at radius 3 is 2.62 bits per heavy atom. The standard InChI is InChI=1S/C10H23NO2/c1-4-13-6-5-11-8-10(12)7-9(2)3/h9-12H,4-8H2,1-3H3. The van der Waals surface area contributed by atoms with Crippen LogP contribution in [0.15, 0.2) is 0 Å². The van der Waals surface area contributed by atoms with Gasteiger partial charge in [-0.2, -0.15) is 0 Å². The van der Waals surface area contributed by atoms with E-state index in [2.05, 4.69) is 19.2 Å². The van der Waals surface area contributed by atoms with Crippen LogP contribution in [-0.2, 0) is 4.74 Å². The smallest absolute Gasteiger partial charge is 0.0667 e. The van der Waals surface area contributed by atoms with E-state index in [0.29, 0.717) is 12.5 Å². The number of rotatable bonds is 8. The molecular formula is C10H23NO2. The zero-order chi connectivity index (χ0) is 10.1. The van der Waals surface area contributed by atoms with Gasteiger partial charge in [-0.1, -0.05) is 13.8 Å². The molecule has 0 aromatic rings. The first-order valence-electron chi connectivity index (χ1n) is 5.13. The largest absolute Gasteiger partial charge is 0.392 e. The Hall–Kier alpha value is -0.120. The van der Waals surface area contributed by atoms with Crippen LogP contribution >= 0.6 is 0 Å². The molecule has 0 spiro atoms. The van der Waals surface area contributed by atoms with Crippen LogP contribution in [0.1, 0.15) is 27.2 Å². The van der Waals surface area contributed by atoms with E-state index in [1.807, 2.05) is 6.92 Å². The van der Waals surface area contributed by atoms with Gasteiger partial charge in [0.2, 0.25) is 0 Å². The maximum Gasteiger partial charge on any atom is 0.0667 e. The van der Waals surface area contributed by atoms with Gasteiger partial charge < -0.3 is 15.2 Å². The normalized spacial score (nSPS) is 13.6. The Kier molecular flexibility index (Phi) is 8.40. The van der Waals surface area contributed by atoms with Crippen molar-refractivity contribution in [2.75, 3.05) is 26.3 Å². The zero-order valence-electron chi connectivity index (χ0n) is 9.05. The number of hydrogen-bond acceptors (Lipinski definition) is 3. The van der Waals surface area contributed by atoms with Crippen molar-refractivity contribution < 1.29 is 9.84 Å². The van der Waals surface area contributed by atoms with Crippen molar-refractivity contribution in [2.45, 2.75) is 33.3 Å². The number of aliphatic hydroxyl groups excluding tert-OH is 1. The predicted octanol–water partition coefficient (Wildman–Crippen LogP) is 1.02. The zero-order valence-corrected chi connectivity index (χ0v) is 9.05. The van der Waals surface area contributed by atoms with E-state index in [1.165, 1.54) is 0 Å². The molecule has 3 nitrogen and oxygen atoms in total. The average Bonchev–Trinajstić information content (AvgIpc) is 2.02. The third-order valence-corrected chi connectivity index (χ3v) is 1.75. The van der Waals surface area contributed by atoms with E-state index in [1.54, 1.807) is 0 Å². The highest BCUT2D eigenvalue weighted by Crippen LogP contribution is 2.02. The number of hydrogen-bond donors (Lipinski definition) is 2. The lowest BCUT2D eigenvalue weighted by molar-refractivity contribution is 0.128. The second kappa shape index (κ2) is 8.48. The van der Waals surface area contributed by atoms with Crippen molar-refractivity contribution in [3.05, 3.63) is 0 Å². The summed E-state index contributed by atoms with van der Waals surface area (Å²) in [6.45, 7) is 9.19. The fraction of sp³-hybridized carbons (Fsp3) is 1.00. The van der Waals surface area contributed by atoms with Crippen LogP contribution in [-0.4, -0.2) is 37.5 Å². The summed E-state index contributed by atoms with van der Waals surface area (Å²) in [6, 6.07) is 0. The summed E-state index contributed by atoms with van der Waals surface area (Å²) in [5.74, 6) is 0.559. The molecule has 80 valence electrons. The molecule has 1 atom stereocenters. The molecule has 0 amide bonds. The first-order chi connectivity index (χ1) is 6.16. The van der Waals surface area contributed by atoms with E-state index < -0.39 is 0 Å². The van der Waals surface area contributed by atoms with Crippen molar-refractivity contribution in [1.82, 2.24) is 5.32 Å². The summed E-state index contributed by atoms with van der Waals surface area (Å²) in [4.78, 5) is 0. The fourth-order valence-corrected chi connectivity index (χ4v) is 1.18. The number of nitrogens with one attached hydrogen (secondary N) is 1. The molecule has 1 unspecified atom stereocenters. The van der Waals surface area contributed by atoms with Crippen LogP contribution in [0.25, 0.3) is 0 Å². The fourth-order valence-electron chi connectivity index (χ4n) is 1.18. The molecule has 0 aliphatic heterocycles. The van der Waals surface area contributed by atoms with Crippen LogP contribution in [0.5, 0.6) is 0 Å². The molecule has 0 saturated carbocycles. The van der Waals surface area contributed by atoms with Crippen molar-refractivity contribution in [1.29, 1.82) is 0 Å². The van der Waals surface area contributed by atoms with Gasteiger partial charge in [0.1, 0.15) is 0 Å². The Morgan fingerprint density at radius 2 is 2.08 bits per heavy atom. The number of ether oxygens (including phenoxy) is 1. The summed E-state index contributed by atoms with van der Waals surface area (Å²) in [5.41, 5.74) is 0. The van der Waals surface area contributed by atoms with Gasteiger partial charge >= 0.3 is 0 Å². The maximum absolute atomic E-state index is 9.47. The third-order valence-electron chi connectivity index (χ3n) is 1.75. The molecule has 0 aromatic carbocycles. The van der Waals surface area contributed by atoms with Gasteiger partial charge in [0.15, 0.2) is 0 Å². The molecule has 0 radical (unpaired) electrons. The average molecular weight is 189 g/mol. The monoisotopic (exact) mass is 189 g/mol. The SMILES string of the molecule is CCOCCNCC(O)CC(C)C. The van der Waals surface area contributed by atoms with E-state index in [9.17, 15) is 5.11 Å². The van der Waals surface area contributed by atoms with Gasteiger partial charge in [0.05, 0.1) is 12.7 Å². The summed E-state index contributed by atoms with van der Waals surface area (Å²) >= 11 is 0. The van der Waals surface area contributed by atoms with Crippen molar-refractivity contribution in [3.8, 4) is 0 Å². The lowest BCUT2D eigenvalue weighted by atomic mass is 10.1. The molecular weight excluding hydrogens is 166 g/mol. The molecule has 3 heteroatoms. The van der Waals surface area contributed by atoms with E-state index in [0.717, 1.165) is 26.2 Å². The van der Waals surface area contributed by atoms with Gasteiger partial charge in [-0.05, 0) is 19.3 Å². The maximum atomic E-state index is 9.47. The highest BCUT2D eigenvalue weighted by atomic mass is 16.5. The predicted molar refractivity (Wildman–Crippen MR) is 54.8 cm³/mol. The number of aliphatic hydroxyl groups is 1. The van der Waals surface area contributed by atoms with E-state index in [4.69, 9.17) is 4.74 Å². The molecule has 13 heavy (non-hydrogen) atoms. The molecule has 0 fully saturated rings. The summed E-state index contributed by atoms with van der Waals surface area (Å²) in [7, 11) is 0. The Bertz CT molecular complexity index is 107. The molecule has 0 rings (SSSR count). The van der Waals surface area contributed by atoms with Crippen molar-refractivity contribution >= 4 is 0 Å². The first kappa shape index (κ1) is 12.9. The highest BCUT2D eigenvalue weighted by molar-refractivity contribution is 4.61. The summed E-state index contributed by atoms with van der Waals surface area (Å²) < 4.78 is 5.15. The van der Waals surface area contributed by atoms with Crippen LogP contribution in [0, 0.1) is 5.92 Å². The summed E-state index contributed by atoms with van der Waals surface area (Å²) in [5, 5.41) is 12.6. The van der Waals surface area contributed by atoms with Gasteiger partial charge in [-0.25, -0.2) is 0 Å². The molecule has 0 bridgehead atoms. The molecule has 2 N–H and O–H groups in total. The topological polar surface area (TPSA) is 41.5 Å². The van der Waals surface area contributed by atoms with Gasteiger partial charge in [-0.15, -0.1) is 0 Å². The first-order valence-corrected chi connectivity index (χ1v) is 5.13. The lowest BCUT2D eigenvalue weighted by Crippen LogP contribution is -2.30. The van der Waals surface area contributed by atoms with Crippen LogP contribution in [0.3, 0.4) is 0 Å². The van der Waals surface area contributed by atoms with Gasteiger partial charge in [-0.3, -0.25) is 0 Å². The van der Waals surface area contributed by atoms with E-state index >= 15 is 0 Å². The lowest BCUT2D eigenvalue weighted by Gasteiger charge is -2.13. The molecule has 0 aliphatic rings. The molecule has 0 aromatic heterocycles. The summed E-state index contributed by atoms with van der Waals surface area (Å²) in [6.07, 6.45) is 0.642. The second-order valence-electron chi connectivity index (χ2n) is 3.68.